The summed E-state index contributed by atoms with van der Waals surface area (Å²) in [6.07, 6.45) is 3.35. The number of hydrogen-bond donors (Lipinski definition) is 1. The molecule has 0 radical (unpaired) electrons. The van der Waals surface area contributed by atoms with E-state index in [1.807, 2.05) is 0 Å². The summed E-state index contributed by atoms with van der Waals surface area (Å²) >= 11 is 0. The Morgan fingerprint density at radius 1 is 1.56 bits per heavy atom. The number of nitrogens with zero attached hydrogens (tertiary/aromatic N) is 1. The zero-order chi connectivity index (χ0) is 11.4. The minimum Gasteiger partial charge on any atom is -0.394 e. The maximum Gasteiger partial charge on any atom is 0.161 e. The smallest absolute Gasteiger partial charge is 0.161 e. The molecule has 3 atom stereocenters. The number of hydrogen-bond acceptors (Lipinski definition) is 4. The van der Waals surface area contributed by atoms with Gasteiger partial charge in [-0.2, -0.15) is 0 Å². The second-order valence-electron chi connectivity index (χ2n) is 5.61. The molecule has 1 N–H and O–H groups in total. The van der Waals surface area contributed by atoms with Crippen LogP contribution in [0.3, 0.4) is 0 Å². The summed E-state index contributed by atoms with van der Waals surface area (Å²) in [6, 6.07) is 0. The largest absolute Gasteiger partial charge is 0.394 e. The molecule has 90 valence electrons. The van der Waals surface area contributed by atoms with Crippen molar-refractivity contribution in [3.63, 3.8) is 0 Å². The number of rotatable bonds is 3. The van der Waals surface area contributed by atoms with Gasteiger partial charge in [0.15, 0.2) is 5.78 Å². The van der Waals surface area contributed by atoms with E-state index in [2.05, 4.69) is 4.90 Å². The molecule has 2 bridgehead atoms. The number of methoxy groups -OCH3 is 1. The monoisotopic (exact) mass is 225 g/mol. The van der Waals surface area contributed by atoms with Crippen molar-refractivity contribution in [1.82, 2.24) is 4.90 Å². The second-order valence-corrected chi connectivity index (χ2v) is 5.61. The van der Waals surface area contributed by atoms with Crippen LogP contribution in [0.5, 0.6) is 0 Å². The van der Waals surface area contributed by atoms with Crippen LogP contribution in [0.1, 0.15) is 19.3 Å². The number of carbonyl (C=O) groups is 1. The molecule has 1 unspecified atom stereocenters. The number of ketones is 1. The van der Waals surface area contributed by atoms with Gasteiger partial charge in [-0.1, -0.05) is 0 Å². The standard InChI is InChI=1S/C12H19NO3/c1-16-8-12(7-14)10(15)9-2-5-13(12)6-11(9)3-4-11/h9,14H,2-8H2,1H3/t9-,12+/m1/s1. The van der Waals surface area contributed by atoms with Crippen molar-refractivity contribution in [3.8, 4) is 0 Å². The molecular formula is C12H19NO3. The van der Waals surface area contributed by atoms with Gasteiger partial charge >= 0.3 is 0 Å². The summed E-state index contributed by atoms with van der Waals surface area (Å²) in [6.45, 7) is 2.14. The van der Waals surface area contributed by atoms with Crippen LogP contribution in [0.15, 0.2) is 0 Å². The van der Waals surface area contributed by atoms with Crippen molar-refractivity contribution in [2.45, 2.75) is 24.8 Å². The highest BCUT2D eigenvalue weighted by Crippen LogP contribution is 2.60. The highest BCUT2D eigenvalue weighted by molar-refractivity contribution is 5.93. The van der Waals surface area contributed by atoms with Crippen molar-refractivity contribution < 1.29 is 14.6 Å². The third kappa shape index (κ3) is 1.13. The van der Waals surface area contributed by atoms with Crippen LogP contribution in [-0.4, -0.2) is 54.7 Å². The number of fused-ring (bicyclic) bond motifs is 2. The molecule has 3 heterocycles. The normalized spacial score (nSPS) is 44.0. The average Bonchev–Trinajstić information content (AvgIpc) is 3.04. The van der Waals surface area contributed by atoms with E-state index in [-0.39, 0.29) is 23.7 Å². The Labute approximate surface area is 95.6 Å². The fourth-order valence-electron chi connectivity index (χ4n) is 3.71. The van der Waals surface area contributed by atoms with Crippen molar-refractivity contribution in [3.05, 3.63) is 0 Å². The van der Waals surface area contributed by atoms with Gasteiger partial charge in [-0.25, -0.2) is 0 Å². The summed E-state index contributed by atoms with van der Waals surface area (Å²) < 4.78 is 5.16. The zero-order valence-corrected chi connectivity index (χ0v) is 9.74. The minimum atomic E-state index is -0.731. The summed E-state index contributed by atoms with van der Waals surface area (Å²) in [5.74, 6) is 0.409. The summed E-state index contributed by atoms with van der Waals surface area (Å²) in [5.41, 5.74) is -0.451. The van der Waals surface area contributed by atoms with E-state index in [4.69, 9.17) is 4.74 Å². The quantitative estimate of drug-likeness (QED) is 0.737. The molecule has 3 saturated heterocycles. The Morgan fingerprint density at radius 2 is 2.31 bits per heavy atom. The summed E-state index contributed by atoms with van der Waals surface area (Å²) in [7, 11) is 1.60. The SMILES string of the molecule is COC[C@@]1(CO)C(=O)[C@H]2CCN1CC21CC1. The van der Waals surface area contributed by atoms with E-state index in [0.717, 1.165) is 19.5 Å². The van der Waals surface area contributed by atoms with E-state index >= 15 is 0 Å². The number of piperidine rings is 3. The predicted octanol–water partition coefficient (Wildman–Crippen LogP) is 0.0487. The third-order valence-corrected chi connectivity index (χ3v) is 4.85. The molecule has 0 aromatic rings. The molecule has 1 aliphatic carbocycles. The first-order valence-electron chi connectivity index (χ1n) is 6.08. The minimum absolute atomic E-state index is 0.105. The number of aliphatic hydroxyl groups excluding tert-OH is 1. The maximum absolute atomic E-state index is 12.5. The number of Topliss-reactive ketones (excluding diaryl/α,β-unsaturated/α-hetero) is 1. The maximum atomic E-state index is 12.5. The van der Waals surface area contributed by atoms with Gasteiger partial charge in [-0.3, -0.25) is 9.69 Å². The molecule has 4 heteroatoms. The van der Waals surface area contributed by atoms with Crippen LogP contribution in [-0.2, 0) is 9.53 Å². The second kappa shape index (κ2) is 3.28. The van der Waals surface area contributed by atoms with Gasteiger partial charge in [-0.05, 0) is 24.7 Å². The lowest BCUT2D eigenvalue weighted by Crippen LogP contribution is -2.72. The Bertz CT molecular complexity index is 326. The van der Waals surface area contributed by atoms with Crippen molar-refractivity contribution in [2.24, 2.45) is 11.3 Å². The molecule has 0 amide bonds. The van der Waals surface area contributed by atoms with Crippen LogP contribution >= 0.6 is 0 Å². The molecule has 16 heavy (non-hydrogen) atoms. The van der Waals surface area contributed by atoms with Crippen LogP contribution in [0.2, 0.25) is 0 Å². The Balaban J connectivity index is 1.94. The molecule has 4 fully saturated rings. The summed E-state index contributed by atoms with van der Waals surface area (Å²) in [4.78, 5) is 14.7. The molecule has 4 rings (SSSR count). The van der Waals surface area contributed by atoms with Crippen molar-refractivity contribution in [1.29, 1.82) is 0 Å². The fraction of sp³-hybridized carbons (Fsp3) is 0.917. The van der Waals surface area contributed by atoms with E-state index in [9.17, 15) is 9.90 Å². The molecule has 4 nitrogen and oxygen atoms in total. The van der Waals surface area contributed by atoms with E-state index in [1.165, 1.54) is 12.8 Å². The fourth-order valence-corrected chi connectivity index (χ4v) is 3.71. The third-order valence-electron chi connectivity index (χ3n) is 4.85. The highest BCUT2D eigenvalue weighted by Gasteiger charge is 2.65. The Hall–Kier alpha value is -0.450. The van der Waals surface area contributed by atoms with Crippen molar-refractivity contribution in [2.75, 3.05) is 33.4 Å². The molecule has 4 aliphatic rings. The number of ether oxygens (including phenoxy) is 1. The molecule has 3 aliphatic heterocycles. The van der Waals surface area contributed by atoms with E-state index < -0.39 is 5.54 Å². The summed E-state index contributed by atoms with van der Waals surface area (Å²) in [5, 5.41) is 9.61. The number of carbonyl (C=O) groups excluding carboxylic acids is 1. The lowest BCUT2D eigenvalue weighted by atomic mass is 9.67. The first-order chi connectivity index (χ1) is 7.68. The van der Waals surface area contributed by atoms with Crippen molar-refractivity contribution >= 4 is 5.78 Å². The van der Waals surface area contributed by atoms with E-state index in [1.54, 1.807) is 7.11 Å². The first-order valence-corrected chi connectivity index (χ1v) is 6.08. The zero-order valence-electron chi connectivity index (χ0n) is 9.74. The molecular weight excluding hydrogens is 206 g/mol. The Morgan fingerprint density at radius 3 is 2.81 bits per heavy atom. The van der Waals surface area contributed by atoms with Gasteiger partial charge in [0, 0.05) is 26.1 Å². The lowest BCUT2D eigenvalue weighted by molar-refractivity contribution is -0.167. The highest BCUT2D eigenvalue weighted by atomic mass is 16.5. The van der Waals surface area contributed by atoms with Crippen LogP contribution in [0, 0.1) is 11.3 Å². The predicted molar refractivity (Wildman–Crippen MR) is 58.0 cm³/mol. The molecule has 0 aromatic heterocycles. The Kier molecular flexibility index (Phi) is 2.19. The van der Waals surface area contributed by atoms with E-state index in [0.29, 0.717) is 6.61 Å². The van der Waals surface area contributed by atoms with Gasteiger partial charge in [0.1, 0.15) is 5.54 Å². The van der Waals surface area contributed by atoms with Gasteiger partial charge < -0.3 is 9.84 Å². The van der Waals surface area contributed by atoms with Crippen LogP contribution < -0.4 is 0 Å². The van der Waals surface area contributed by atoms with Crippen LogP contribution in [0.4, 0.5) is 0 Å². The molecule has 1 saturated carbocycles. The van der Waals surface area contributed by atoms with Gasteiger partial charge in [-0.15, -0.1) is 0 Å². The van der Waals surface area contributed by atoms with Gasteiger partial charge in [0.25, 0.3) is 0 Å². The lowest BCUT2D eigenvalue weighted by Gasteiger charge is -2.55. The topological polar surface area (TPSA) is 49.8 Å². The molecule has 1 spiro atoms. The average molecular weight is 225 g/mol. The van der Waals surface area contributed by atoms with Gasteiger partial charge in [0.05, 0.1) is 13.2 Å². The first kappa shape index (κ1) is 10.7. The number of aliphatic hydroxyl groups is 1. The van der Waals surface area contributed by atoms with Crippen LogP contribution in [0.25, 0.3) is 0 Å². The van der Waals surface area contributed by atoms with Gasteiger partial charge in [0.2, 0.25) is 0 Å². The molecule has 0 aromatic carbocycles.